The Morgan fingerprint density at radius 1 is 1.14 bits per heavy atom. The van der Waals surface area contributed by atoms with Crippen LogP contribution in [0, 0.1) is 0 Å². The van der Waals surface area contributed by atoms with E-state index in [4.69, 9.17) is 19.7 Å². The maximum absolute atomic E-state index is 5.56. The SMILES string of the molecule is CCOCCOCc1nc(-c2ccc(CN)cc2)no1.Cl. The highest BCUT2D eigenvalue weighted by Crippen LogP contribution is 2.16. The maximum atomic E-state index is 5.56. The third kappa shape index (κ3) is 5.43. The van der Waals surface area contributed by atoms with E-state index in [0.717, 1.165) is 11.1 Å². The van der Waals surface area contributed by atoms with Crippen LogP contribution in [0.15, 0.2) is 28.8 Å². The van der Waals surface area contributed by atoms with E-state index in [2.05, 4.69) is 10.1 Å². The Morgan fingerprint density at radius 3 is 2.52 bits per heavy atom. The lowest BCUT2D eigenvalue weighted by Gasteiger charge is -2.00. The first-order valence-electron chi connectivity index (χ1n) is 6.61. The van der Waals surface area contributed by atoms with Gasteiger partial charge in [0.15, 0.2) is 0 Å². The number of aromatic nitrogens is 2. The Morgan fingerprint density at radius 2 is 1.86 bits per heavy atom. The van der Waals surface area contributed by atoms with Crippen molar-refractivity contribution in [2.75, 3.05) is 19.8 Å². The van der Waals surface area contributed by atoms with E-state index in [-0.39, 0.29) is 12.4 Å². The summed E-state index contributed by atoms with van der Waals surface area (Å²) in [6.45, 7) is 4.52. The third-order valence-electron chi connectivity index (χ3n) is 2.72. The molecule has 1 aromatic heterocycles. The van der Waals surface area contributed by atoms with E-state index in [1.54, 1.807) is 0 Å². The average molecular weight is 314 g/mol. The molecule has 0 saturated carbocycles. The molecule has 2 aromatic rings. The van der Waals surface area contributed by atoms with Crippen molar-refractivity contribution in [1.29, 1.82) is 0 Å². The van der Waals surface area contributed by atoms with Gasteiger partial charge in [0, 0.05) is 18.7 Å². The molecule has 0 unspecified atom stereocenters. The quantitative estimate of drug-likeness (QED) is 0.752. The lowest BCUT2D eigenvalue weighted by molar-refractivity contribution is 0.0355. The Balaban J connectivity index is 0.00000220. The molecule has 0 aliphatic carbocycles. The topological polar surface area (TPSA) is 83.4 Å². The average Bonchev–Trinajstić information content (AvgIpc) is 2.96. The molecular formula is C14H20ClN3O3. The van der Waals surface area contributed by atoms with Crippen molar-refractivity contribution in [1.82, 2.24) is 10.1 Å². The zero-order chi connectivity index (χ0) is 14.2. The second-order valence-corrected chi connectivity index (χ2v) is 4.16. The number of benzene rings is 1. The highest BCUT2D eigenvalue weighted by molar-refractivity contribution is 5.85. The largest absolute Gasteiger partial charge is 0.379 e. The van der Waals surface area contributed by atoms with Crippen LogP contribution in [0.4, 0.5) is 0 Å². The molecule has 0 radical (unpaired) electrons. The fraction of sp³-hybridized carbons (Fsp3) is 0.429. The van der Waals surface area contributed by atoms with Crippen molar-refractivity contribution in [3.05, 3.63) is 35.7 Å². The zero-order valence-corrected chi connectivity index (χ0v) is 12.8. The number of ether oxygens (including phenoxy) is 2. The van der Waals surface area contributed by atoms with Crippen LogP contribution < -0.4 is 5.73 Å². The first-order chi connectivity index (χ1) is 9.83. The molecule has 0 fully saturated rings. The number of hydrogen-bond acceptors (Lipinski definition) is 6. The summed E-state index contributed by atoms with van der Waals surface area (Å²) in [6.07, 6.45) is 0. The van der Waals surface area contributed by atoms with Gasteiger partial charge in [0.25, 0.3) is 5.89 Å². The van der Waals surface area contributed by atoms with Crippen LogP contribution in [0.1, 0.15) is 18.4 Å². The predicted molar refractivity (Wildman–Crippen MR) is 81.0 cm³/mol. The minimum absolute atomic E-state index is 0. The van der Waals surface area contributed by atoms with Gasteiger partial charge < -0.3 is 19.7 Å². The van der Waals surface area contributed by atoms with Gasteiger partial charge in [0.2, 0.25) is 5.82 Å². The number of nitrogens with zero attached hydrogens (tertiary/aromatic N) is 2. The van der Waals surface area contributed by atoms with Crippen LogP contribution in [0.5, 0.6) is 0 Å². The first kappa shape index (κ1) is 17.6. The molecular weight excluding hydrogens is 294 g/mol. The van der Waals surface area contributed by atoms with Crippen molar-refractivity contribution in [3.63, 3.8) is 0 Å². The minimum atomic E-state index is 0. The van der Waals surface area contributed by atoms with Crippen LogP contribution in [0.2, 0.25) is 0 Å². The smallest absolute Gasteiger partial charge is 0.252 e. The van der Waals surface area contributed by atoms with Gasteiger partial charge in [-0.15, -0.1) is 12.4 Å². The molecule has 7 heteroatoms. The summed E-state index contributed by atoms with van der Waals surface area (Å²) in [4.78, 5) is 4.28. The molecule has 1 heterocycles. The van der Waals surface area contributed by atoms with Gasteiger partial charge in [-0.1, -0.05) is 29.4 Å². The molecule has 0 atom stereocenters. The predicted octanol–water partition coefficient (Wildman–Crippen LogP) is 2.17. The molecule has 0 saturated heterocycles. The second kappa shape index (κ2) is 9.46. The highest BCUT2D eigenvalue weighted by Gasteiger charge is 2.08. The van der Waals surface area contributed by atoms with E-state index in [9.17, 15) is 0 Å². The summed E-state index contributed by atoms with van der Waals surface area (Å²) >= 11 is 0. The normalized spacial score (nSPS) is 10.4. The Bertz CT molecular complexity index is 516. The van der Waals surface area contributed by atoms with Crippen LogP contribution in [-0.4, -0.2) is 30.0 Å². The number of halogens is 1. The van der Waals surface area contributed by atoms with E-state index < -0.39 is 0 Å². The van der Waals surface area contributed by atoms with E-state index >= 15 is 0 Å². The van der Waals surface area contributed by atoms with Crippen LogP contribution >= 0.6 is 12.4 Å². The van der Waals surface area contributed by atoms with E-state index in [1.807, 2.05) is 31.2 Å². The van der Waals surface area contributed by atoms with Crippen molar-refractivity contribution in [2.45, 2.75) is 20.1 Å². The Hall–Kier alpha value is -1.47. The van der Waals surface area contributed by atoms with Gasteiger partial charge in [-0.3, -0.25) is 0 Å². The molecule has 6 nitrogen and oxygen atoms in total. The Labute approximate surface area is 130 Å². The molecule has 2 N–H and O–H groups in total. The first-order valence-corrected chi connectivity index (χ1v) is 6.61. The lowest BCUT2D eigenvalue weighted by atomic mass is 10.1. The molecule has 116 valence electrons. The van der Waals surface area contributed by atoms with E-state index in [0.29, 0.717) is 44.7 Å². The van der Waals surface area contributed by atoms with Crippen LogP contribution in [0.25, 0.3) is 11.4 Å². The fourth-order valence-corrected chi connectivity index (χ4v) is 1.64. The monoisotopic (exact) mass is 313 g/mol. The zero-order valence-electron chi connectivity index (χ0n) is 11.9. The second-order valence-electron chi connectivity index (χ2n) is 4.16. The van der Waals surface area contributed by atoms with E-state index in [1.165, 1.54) is 0 Å². The third-order valence-corrected chi connectivity index (χ3v) is 2.72. The molecule has 0 amide bonds. The highest BCUT2D eigenvalue weighted by atomic mass is 35.5. The molecule has 2 rings (SSSR count). The summed E-state index contributed by atoms with van der Waals surface area (Å²) in [5, 5.41) is 3.93. The summed E-state index contributed by atoms with van der Waals surface area (Å²) in [5.74, 6) is 1.01. The van der Waals surface area contributed by atoms with Gasteiger partial charge in [-0.2, -0.15) is 4.98 Å². The fourth-order valence-electron chi connectivity index (χ4n) is 1.64. The van der Waals surface area contributed by atoms with Crippen molar-refractivity contribution >= 4 is 12.4 Å². The van der Waals surface area contributed by atoms with Crippen molar-refractivity contribution in [2.24, 2.45) is 5.73 Å². The molecule has 0 bridgehead atoms. The van der Waals surface area contributed by atoms with Crippen molar-refractivity contribution in [3.8, 4) is 11.4 Å². The summed E-state index contributed by atoms with van der Waals surface area (Å²) in [5.41, 5.74) is 7.52. The van der Waals surface area contributed by atoms with Gasteiger partial charge in [0.1, 0.15) is 6.61 Å². The van der Waals surface area contributed by atoms with Crippen LogP contribution in [0.3, 0.4) is 0 Å². The number of nitrogens with two attached hydrogens (primary N) is 1. The standard InChI is InChI=1S/C14H19N3O3.ClH/c1-2-18-7-8-19-10-13-16-14(17-20-13)12-5-3-11(9-15)4-6-12;/h3-6H,2,7-10,15H2,1H3;1H. The van der Waals surface area contributed by atoms with Crippen LogP contribution in [-0.2, 0) is 22.6 Å². The lowest BCUT2D eigenvalue weighted by Crippen LogP contribution is -2.04. The van der Waals surface area contributed by atoms with Gasteiger partial charge in [0.05, 0.1) is 13.2 Å². The summed E-state index contributed by atoms with van der Waals surface area (Å²) < 4.78 is 15.7. The molecule has 0 aliphatic heterocycles. The Kier molecular flexibility index (Phi) is 7.92. The molecule has 0 spiro atoms. The maximum Gasteiger partial charge on any atom is 0.252 e. The van der Waals surface area contributed by atoms with Crippen molar-refractivity contribution < 1.29 is 14.0 Å². The minimum Gasteiger partial charge on any atom is -0.379 e. The molecule has 21 heavy (non-hydrogen) atoms. The molecule has 0 aliphatic rings. The molecule has 1 aromatic carbocycles. The van der Waals surface area contributed by atoms with Gasteiger partial charge in [-0.05, 0) is 12.5 Å². The summed E-state index contributed by atoms with van der Waals surface area (Å²) in [7, 11) is 0. The van der Waals surface area contributed by atoms with Gasteiger partial charge in [-0.25, -0.2) is 0 Å². The van der Waals surface area contributed by atoms with Gasteiger partial charge >= 0.3 is 0 Å². The number of hydrogen-bond donors (Lipinski definition) is 1. The summed E-state index contributed by atoms with van der Waals surface area (Å²) in [6, 6.07) is 7.74. The number of rotatable bonds is 8.